The molecule has 9 rings (SSSR count). The van der Waals surface area contributed by atoms with E-state index in [0.717, 1.165) is 0 Å². The van der Waals surface area contributed by atoms with Gasteiger partial charge in [-0.05, 0) is 45.1 Å². The normalized spacial score (nSPS) is 49.5. The topological polar surface area (TPSA) is 211 Å². The Balaban J connectivity index is 1.40. The average molecular weight is 801 g/mol. The highest BCUT2D eigenvalue weighted by molar-refractivity contribution is 5.83. The molecule has 4 saturated heterocycles. The number of carbonyl (C=O) groups is 6. The van der Waals surface area contributed by atoms with Crippen LogP contribution in [0.1, 0.15) is 99.2 Å². The molecular weight excluding hydrogens is 752 g/mol. The van der Waals surface area contributed by atoms with E-state index >= 15 is 0 Å². The molecule has 0 radical (unpaired) electrons. The highest BCUT2D eigenvalue weighted by atomic mass is 16.9. The molecule has 0 amide bonds. The number of methoxy groups -OCH3 is 1. The standard InChI is InChI=1S/C40H48O17/c1-19-34(7,53-19)31(46)52-29-33(6)17-38-36(18-49-27(45)14-24(33)36)37-12-11-32(5,28(50-20(2)41)23-10-13-48-16-23)25(15-26(44)47-9)39(37,57-35(8,55-37)56-38)30(51-21(3)42)40(29,38)54-22(4)43/h10,13,16,19,24-25,28-30H,11-12,14-15,17-18H2,1-9H3/t19-,24-,25+,28+,29?,30?,32-,33+,34+,35?,36-,37-,38?,39-,40?/m0/s1. The summed E-state index contributed by atoms with van der Waals surface area (Å²) in [5.41, 5.74) is -12.5. The van der Waals surface area contributed by atoms with Gasteiger partial charge in [0.15, 0.2) is 17.8 Å². The molecule has 57 heavy (non-hydrogen) atoms. The van der Waals surface area contributed by atoms with Crippen molar-refractivity contribution in [3.05, 3.63) is 24.2 Å². The molecule has 4 bridgehead atoms. The third kappa shape index (κ3) is 4.18. The van der Waals surface area contributed by atoms with Gasteiger partial charge in [-0.15, -0.1) is 0 Å². The fourth-order valence-corrected chi connectivity index (χ4v) is 13.6. The highest BCUT2D eigenvalue weighted by Crippen LogP contribution is 2.90. The lowest BCUT2D eigenvalue weighted by Gasteiger charge is -2.77. The summed E-state index contributed by atoms with van der Waals surface area (Å²) < 4.78 is 70.2. The molecule has 0 N–H and O–H groups in total. The van der Waals surface area contributed by atoms with E-state index in [4.69, 9.17) is 51.8 Å². The minimum atomic E-state index is -2.23. The van der Waals surface area contributed by atoms with Crippen LogP contribution in [0.25, 0.3) is 0 Å². The molecule has 4 aliphatic heterocycles. The highest BCUT2D eigenvalue weighted by Gasteiger charge is 3.06. The summed E-state index contributed by atoms with van der Waals surface area (Å²) in [7, 11) is 1.22. The van der Waals surface area contributed by atoms with Gasteiger partial charge in [0, 0.05) is 56.4 Å². The molecule has 0 aromatic carbocycles. The quantitative estimate of drug-likeness (QED) is 0.199. The third-order valence-corrected chi connectivity index (χ3v) is 15.4. The largest absolute Gasteiger partial charge is 0.472 e. The molecule has 1 aromatic heterocycles. The SMILES string of the molecule is COC(=O)C[C@@H]1[C@@](C)([C@H](OC(C)=O)c2ccoc2)CC[C@@]23OC4(C)OC56C[C@@](C)(C(OC(=O)[C@]7(C)O[C@H]7C)C5(OC(C)=O)C(OC(C)=O)[C@@]12O4)[C@@H]1CC(=O)OC[C@@]163. The lowest BCUT2D eigenvalue weighted by atomic mass is 9.33. The van der Waals surface area contributed by atoms with E-state index in [0.29, 0.717) is 5.56 Å². The van der Waals surface area contributed by atoms with Crippen LogP contribution < -0.4 is 0 Å². The number of epoxide rings is 1. The lowest BCUT2D eigenvalue weighted by Crippen LogP contribution is -2.95. The summed E-state index contributed by atoms with van der Waals surface area (Å²) in [4.78, 5) is 82.4. The molecular formula is C40H48O17. The zero-order valence-electron chi connectivity index (χ0n) is 33.4. The van der Waals surface area contributed by atoms with Crippen molar-refractivity contribution in [3.8, 4) is 0 Å². The molecule has 3 spiro atoms. The van der Waals surface area contributed by atoms with Crippen molar-refractivity contribution in [1.82, 2.24) is 0 Å². The second-order valence-electron chi connectivity index (χ2n) is 18.1. The maximum atomic E-state index is 14.3. The Bertz CT molecular complexity index is 2000. The van der Waals surface area contributed by atoms with Crippen LogP contribution in [0.15, 0.2) is 23.0 Å². The van der Waals surface area contributed by atoms with Gasteiger partial charge < -0.3 is 51.8 Å². The van der Waals surface area contributed by atoms with Gasteiger partial charge in [-0.3, -0.25) is 24.0 Å². The van der Waals surface area contributed by atoms with E-state index in [1.54, 1.807) is 26.8 Å². The molecule has 5 heterocycles. The van der Waals surface area contributed by atoms with Crippen LogP contribution in [0.3, 0.4) is 0 Å². The Hall–Kier alpha value is -4.06. The molecule has 4 saturated carbocycles. The number of esters is 6. The number of fused-ring (bicyclic) bond motifs is 3. The fourth-order valence-electron chi connectivity index (χ4n) is 13.6. The van der Waals surface area contributed by atoms with Gasteiger partial charge in [0.2, 0.25) is 5.60 Å². The minimum Gasteiger partial charge on any atom is -0.472 e. The molecule has 17 heteroatoms. The van der Waals surface area contributed by atoms with Gasteiger partial charge in [0.25, 0.3) is 5.97 Å². The van der Waals surface area contributed by atoms with Gasteiger partial charge >= 0.3 is 35.8 Å². The molecule has 8 aliphatic rings. The van der Waals surface area contributed by atoms with Crippen LogP contribution in [-0.4, -0.2) is 102 Å². The first-order chi connectivity index (χ1) is 26.6. The van der Waals surface area contributed by atoms with Crippen LogP contribution in [0, 0.1) is 28.1 Å². The zero-order valence-corrected chi connectivity index (χ0v) is 33.4. The van der Waals surface area contributed by atoms with E-state index < -0.39 is 129 Å². The van der Waals surface area contributed by atoms with Gasteiger partial charge in [-0.1, -0.05) is 13.8 Å². The summed E-state index contributed by atoms with van der Waals surface area (Å²) in [5, 5.41) is 0. The maximum Gasteiger partial charge on any atom is 0.341 e. The number of hydrogen-bond donors (Lipinski definition) is 0. The van der Waals surface area contributed by atoms with E-state index in [2.05, 4.69) is 0 Å². The molecule has 4 aliphatic carbocycles. The minimum absolute atomic E-state index is 0.0294. The third-order valence-electron chi connectivity index (χ3n) is 15.4. The predicted octanol–water partition coefficient (Wildman–Crippen LogP) is 3.14. The van der Waals surface area contributed by atoms with Crippen molar-refractivity contribution in [3.63, 3.8) is 0 Å². The van der Waals surface area contributed by atoms with Crippen molar-refractivity contribution in [2.24, 2.45) is 28.1 Å². The summed E-state index contributed by atoms with van der Waals surface area (Å²) in [6.07, 6.45) is -2.21. The van der Waals surface area contributed by atoms with E-state index in [9.17, 15) is 28.8 Å². The molecule has 8 fully saturated rings. The second kappa shape index (κ2) is 11.4. The summed E-state index contributed by atoms with van der Waals surface area (Å²) in [5.74, 6) is -8.18. The van der Waals surface area contributed by atoms with Crippen molar-refractivity contribution < 1.29 is 80.6 Å². The average Bonchev–Trinajstić information content (AvgIpc) is 3.47. The zero-order chi connectivity index (χ0) is 41.1. The lowest BCUT2D eigenvalue weighted by molar-refractivity contribution is -0.485. The number of cyclic esters (lactones) is 1. The first-order valence-electron chi connectivity index (χ1n) is 19.4. The van der Waals surface area contributed by atoms with Gasteiger partial charge in [-0.2, -0.15) is 0 Å². The molecule has 17 nitrogen and oxygen atoms in total. The Kier molecular flexibility index (Phi) is 7.66. The number of carbonyl (C=O) groups excluding carboxylic acids is 6. The van der Waals surface area contributed by atoms with E-state index in [1.165, 1.54) is 40.4 Å². The Morgan fingerprint density at radius 1 is 0.912 bits per heavy atom. The number of hydrogen-bond acceptors (Lipinski definition) is 17. The number of furan rings is 1. The molecule has 1 aromatic rings. The number of rotatable bonds is 9. The van der Waals surface area contributed by atoms with Crippen LogP contribution in [0.4, 0.5) is 0 Å². The molecule has 15 atom stereocenters. The van der Waals surface area contributed by atoms with Crippen LogP contribution in [0.5, 0.6) is 0 Å². The van der Waals surface area contributed by atoms with E-state index in [1.807, 2.05) is 13.8 Å². The van der Waals surface area contributed by atoms with Crippen LogP contribution >= 0.6 is 0 Å². The van der Waals surface area contributed by atoms with Crippen LogP contribution in [-0.2, 0) is 76.1 Å². The van der Waals surface area contributed by atoms with Gasteiger partial charge in [-0.25, -0.2) is 4.79 Å². The summed E-state index contributed by atoms with van der Waals surface area (Å²) >= 11 is 0. The van der Waals surface area contributed by atoms with Crippen molar-refractivity contribution in [2.75, 3.05) is 13.7 Å². The van der Waals surface area contributed by atoms with Crippen molar-refractivity contribution >= 4 is 35.8 Å². The Labute approximate surface area is 327 Å². The van der Waals surface area contributed by atoms with E-state index in [-0.39, 0.29) is 32.3 Å². The van der Waals surface area contributed by atoms with Gasteiger partial charge in [0.05, 0.1) is 37.6 Å². The molecule has 310 valence electrons. The monoisotopic (exact) mass is 800 g/mol. The predicted molar refractivity (Wildman–Crippen MR) is 184 cm³/mol. The summed E-state index contributed by atoms with van der Waals surface area (Å²) in [6, 6.07) is 1.64. The Morgan fingerprint density at radius 2 is 1.61 bits per heavy atom. The molecule has 5 unspecified atom stereocenters. The first-order valence-corrected chi connectivity index (χ1v) is 19.4. The van der Waals surface area contributed by atoms with Crippen molar-refractivity contribution in [2.45, 2.75) is 146 Å². The fraction of sp³-hybridized carbons (Fsp3) is 0.750. The summed E-state index contributed by atoms with van der Waals surface area (Å²) in [6.45, 7) is 11.8. The Morgan fingerprint density at radius 3 is 2.21 bits per heavy atom. The van der Waals surface area contributed by atoms with Crippen molar-refractivity contribution in [1.29, 1.82) is 0 Å². The van der Waals surface area contributed by atoms with Crippen LogP contribution in [0.2, 0.25) is 0 Å². The maximum absolute atomic E-state index is 14.3. The second-order valence-corrected chi connectivity index (χ2v) is 18.1. The first kappa shape index (κ1) is 38.5. The number of ether oxygens (including phenoxy) is 10. The smallest absolute Gasteiger partial charge is 0.341 e. The van der Waals surface area contributed by atoms with Gasteiger partial charge in [0.1, 0.15) is 29.5 Å².